The van der Waals surface area contributed by atoms with Crippen LogP contribution in [0.15, 0.2) is 48.5 Å². The summed E-state index contributed by atoms with van der Waals surface area (Å²) >= 11 is 1.40. The van der Waals surface area contributed by atoms with E-state index in [4.69, 9.17) is 9.47 Å². The summed E-state index contributed by atoms with van der Waals surface area (Å²) in [6, 6.07) is 14.7. The number of ether oxygens (including phenoxy) is 2. The predicted octanol–water partition coefficient (Wildman–Crippen LogP) is 5.44. The number of anilines is 2. The number of carbonyl (C=O) groups excluding carboxylic acids is 2. The van der Waals surface area contributed by atoms with Crippen LogP contribution in [0, 0.1) is 0 Å². The van der Waals surface area contributed by atoms with Gasteiger partial charge in [0.2, 0.25) is 0 Å². The average molecular weight is 456 g/mol. The lowest BCUT2D eigenvalue weighted by molar-refractivity contribution is 0.0635. The fourth-order valence-electron chi connectivity index (χ4n) is 2.87. The summed E-state index contributed by atoms with van der Waals surface area (Å²) in [6.07, 6.45) is -0.581. The van der Waals surface area contributed by atoms with Gasteiger partial charge in [-0.3, -0.25) is 10.1 Å². The lowest BCUT2D eigenvalue weighted by atomic mass is 10.2. The Hall–Kier alpha value is -3.10. The number of likely N-dealkylation sites (N-methyl/N-ethyl adjacent to an activating group) is 1. The molecule has 0 saturated carbocycles. The van der Waals surface area contributed by atoms with Gasteiger partial charge in [0, 0.05) is 11.2 Å². The summed E-state index contributed by atoms with van der Waals surface area (Å²) in [5.41, 5.74) is 0.343. The third kappa shape index (κ3) is 6.70. The lowest BCUT2D eigenvalue weighted by Crippen LogP contribution is -2.27. The number of nitrogens with zero attached hydrogens (tertiary/aromatic N) is 1. The Morgan fingerprint density at radius 1 is 1.00 bits per heavy atom. The van der Waals surface area contributed by atoms with Crippen LogP contribution < -0.4 is 15.4 Å². The molecule has 0 unspecified atom stereocenters. The Morgan fingerprint density at radius 3 is 2.34 bits per heavy atom. The molecule has 170 valence electrons. The summed E-state index contributed by atoms with van der Waals surface area (Å²) in [5.74, 6) is 0.524. The van der Waals surface area contributed by atoms with Crippen molar-refractivity contribution in [3.8, 4) is 5.75 Å². The van der Waals surface area contributed by atoms with Crippen molar-refractivity contribution in [2.75, 3.05) is 37.9 Å². The van der Waals surface area contributed by atoms with E-state index in [0.717, 1.165) is 22.4 Å². The van der Waals surface area contributed by atoms with Crippen molar-refractivity contribution in [2.24, 2.45) is 0 Å². The van der Waals surface area contributed by atoms with Crippen LogP contribution >= 0.6 is 11.3 Å². The van der Waals surface area contributed by atoms with Gasteiger partial charge < -0.3 is 19.7 Å². The highest BCUT2D eigenvalue weighted by Crippen LogP contribution is 2.30. The fraction of sp³-hybridized carbons (Fsp3) is 0.333. The normalized spacial score (nSPS) is 11.4. The number of thiophene rings is 1. The lowest BCUT2D eigenvalue weighted by Gasteiger charge is -2.20. The number of hydrogen-bond donors (Lipinski definition) is 2. The molecule has 0 fully saturated rings. The van der Waals surface area contributed by atoms with Crippen LogP contribution in [0.2, 0.25) is 0 Å². The molecule has 0 aliphatic rings. The number of fused-ring (bicyclic) bond motifs is 1. The first-order valence-electron chi connectivity index (χ1n) is 10.3. The Labute approximate surface area is 192 Å². The third-order valence-corrected chi connectivity index (χ3v) is 5.44. The topological polar surface area (TPSA) is 79.9 Å². The van der Waals surface area contributed by atoms with E-state index < -0.39 is 11.7 Å². The number of benzene rings is 2. The maximum absolute atomic E-state index is 12.9. The van der Waals surface area contributed by atoms with Crippen molar-refractivity contribution in [3.63, 3.8) is 0 Å². The van der Waals surface area contributed by atoms with Gasteiger partial charge in [-0.15, -0.1) is 11.3 Å². The molecule has 0 saturated heterocycles. The summed E-state index contributed by atoms with van der Waals surface area (Å²) < 4.78 is 12.1. The molecule has 2 amide bonds. The summed E-state index contributed by atoms with van der Waals surface area (Å²) in [5, 5.41) is 6.52. The van der Waals surface area contributed by atoms with Crippen molar-refractivity contribution in [1.29, 1.82) is 0 Å². The van der Waals surface area contributed by atoms with Crippen molar-refractivity contribution < 1.29 is 19.1 Å². The minimum atomic E-state index is -0.617. The molecule has 0 atom stereocenters. The second-order valence-corrected chi connectivity index (χ2v) is 9.67. The van der Waals surface area contributed by atoms with E-state index in [1.165, 1.54) is 11.3 Å². The molecule has 0 aliphatic heterocycles. The minimum absolute atomic E-state index is 0.250. The molecule has 0 bridgehead atoms. The summed E-state index contributed by atoms with van der Waals surface area (Å²) in [6.45, 7) is 6.80. The summed E-state index contributed by atoms with van der Waals surface area (Å²) in [4.78, 5) is 27.7. The van der Waals surface area contributed by atoms with E-state index >= 15 is 0 Å². The van der Waals surface area contributed by atoms with Crippen LogP contribution in [0.3, 0.4) is 0 Å². The Morgan fingerprint density at radius 2 is 1.69 bits per heavy atom. The van der Waals surface area contributed by atoms with Crippen LogP contribution in [0.25, 0.3) is 10.1 Å². The molecular formula is C24H29N3O4S. The zero-order valence-electron chi connectivity index (χ0n) is 19.0. The number of carbonyl (C=O) groups is 2. The molecule has 1 aromatic heterocycles. The SMILES string of the molecule is CN(C)CCOc1ccc2sc(C(=O)Nc3ccccc3NC(=O)OC(C)(C)C)cc2c1. The van der Waals surface area contributed by atoms with E-state index in [1.54, 1.807) is 45.0 Å². The highest BCUT2D eigenvalue weighted by molar-refractivity contribution is 7.20. The monoisotopic (exact) mass is 455 g/mol. The molecule has 0 aliphatic carbocycles. The number of amides is 2. The number of para-hydroxylation sites is 2. The van der Waals surface area contributed by atoms with Gasteiger partial charge in [0.1, 0.15) is 18.0 Å². The van der Waals surface area contributed by atoms with Gasteiger partial charge in [-0.25, -0.2) is 4.79 Å². The van der Waals surface area contributed by atoms with Crippen molar-refractivity contribution in [1.82, 2.24) is 4.90 Å². The van der Waals surface area contributed by atoms with Gasteiger partial charge in [0.05, 0.1) is 16.3 Å². The van der Waals surface area contributed by atoms with Gasteiger partial charge >= 0.3 is 6.09 Å². The molecule has 2 N–H and O–H groups in total. The van der Waals surface area contributed by atoms with Crippen molar-refractivity contribution in [2.45, 2.75) is 26.4 Å². The van der Waals surface area contributed by atoms with Gasteiger partial charge in [-0.05, 0) is 76.7 Å². The van der Waals surface area contributed by atoms with E-state index in [2.05, 4.69) is 15.5 Å². The van der Waals surface area contributed by atoms with Crippen LogP contribution in [0.1, 0.15) is 30.4 Å². The second-order valence-electron chi connectivity index (χ2n) is 8.59. The minimum Gasteiger partial charge on any atom is -0.492 e. The standard InChI is InChI=1S/C24H29N3O4S/c1-24(2,3)31-23(29)26-19-9-7-6-8-18(19)25-22(28)21-15-16-14-17(10-11-20(16)32-21)30-13-12-27(4)5/h6-11,14-15H,12-13H2,1-5H3,(H,25,28)(H,26,29). The molecule has 3 rings (SSSR count). The number of rotatable bonds is 7. The van der Waals surface area contributed by atoms with Crippen LogP contribution in [0.4, 0.5) is 16.2 Å². The Kier molecular flexibility index (Phi) is 7.37. The number of nitrogens with one attached hydrogen (secondary N) is 2. The highest BCUT2D eigenvalue weighted by Gasteiger charge is 2.18. The molecule has 1 heterocycles. The quantitative estimate of drug-likeness (QED) is 0.496. The first-order chi connectivity index (χ1) is 15.1. The Bertz CT molecular complexity index is 1100. The molecular weight excluding hydrogens is 426 g/mol. The van der Waals surface area contributed by atoms with Gasteiger partial charge in [0.25, 0.3) is 5.91 Å². The fourth-order valence-corrected chi connectivity index (χ4v) is 3.81. The van der Waals surface area contributed by atoms with Gasteiger partial charge in [-0.1, -0.05) is 12.1 Å². The largest absolute Gasteiger partial charge is 0.492 e. The maximum atomic E-state index is 12.9. The van der Waals surface area contributed by atoms with Crippen LogP contribution in [-0.4, -0.2) is 49.7 Å². The molecule has 8 heteroatoms. The van der Waals surface area contributed by atoms with Gasteiger partial charge in [-0.2, -0.15) is 0 Å². The van der Waals surface area contributed by atoms with Crippen molar-refractivity contribution in [3.05, 3.63) is 53.4 Å². The molecule has 32 heavy (non-hydrogen) atoms. The average Bonchev–Trinajstić information content (AvgIpc) is 3.11. The molecule has 7 nitrogen and oxygen atoms in total. The summed E-state index contributed by atoms with van der Waals surface area (Å²) in [7, 11) is 4.00. The second kappa shape index (κ2) is 10.0. The van der Waals surface area contributed by atoms with E-state index in [-0.39, 0.29) is 5.91 Å². The first-order valence-corrected chi connectivity index (χ1v) is 11.1. The van der Waals surface area contributed by atoms with E-state index in [1.807, 2.05) is 38.4 Å². The molecule has 3 aromatic rings. The van der Waals surface area contributed by atoms with Crippen molar-refractivity contribution >= 4 is 44.8 Å². The Balaban J connectivity index is 1.71. The molecule has 2 aromatic carbocycles. The third-order valence-electron chi connectivity index (χ3n) is 4.33. The van der Waals surface area contributed by atoms with Crippen LogP contribution in [-0.2, 0) is 4.74 Å². The van der Waals surface area contributed by atoms with Gasteiger partial charge in [0.15, 0.2) is 0 Å². The predicted molar refractivity (Wildman–Crippen MR) is 130 cm³/mol. The van der Waals surface area contributed by atoms with Crippen LogP contribution in [0.5, 0.6) is 5.75 Å². The first kappa shape index (κ1) is 23.6. The zero-order chi connectivity index (χ0) is 23.3. The van der Waals surface area contributed by atoms with E-state index in [9.17, 15) is 9.59 Å². The molecule has 0 radical (unpaired) electrons. The molecule has 0 spiro atoms. The van der Waals surface area contributed by atoms with E-state index in [0.29, 0.717) is 22.9 Å². The zero-order valence-corrected chi connectivity index (χ0v) is 19.8. The highest BCUT2D eigenvalue weighted by atomic mass is 32.1. The number of hydrogen-bond acceptors (Lipinski definition) is 6. The smallest absolute Gasteiger partial charge is 0.412 e. The maximum Gasteiger partial charge on any atom is 0.412 e.